The van der Waals surface area contributed by atoms with Gasteiger partial charge >= 0.3 is 0 Å². The molecule has 0 amide bonds. The zero-order valence-electron chi connectivity index (χ0n) is 7.96. The largest absolute Gasteiger partial charge is 0.307 e. The molecule has 1 nitrogen and oxygen atoms in total. The average Bonchev–Trinajstić information content (AvgIpc) is 3.01. The molecule has 3 aromatic heterocycles. The van der Waals surface area contributed by atoms with Gasteiger partial charge in [-0.15, -0.1) is 22.7 Å². The molecule has 0 N–H and O–H groups in total. The van der Waals surface area contributed by atoms with Crippen molar-refractivity contribution < 1.29 is 0 Å². The van der Waals surface area contributed by atoms with Crippen LogP contribution in [0.1, 0.15) is 0 Å². The van der Waals surface area contributed by atoms with E-state index in [0.717, 1.165) is 0 Å². The molecule has 0 saturated heterocycles. The second-order valence-electron chi connectivity index (χ2n) is 3.19. The first-order valence-corrected chi connectivity index (χ1v) is 6.46. The molecule has 0 saturated carbocycles. The van der Waals surface area contributed by atoms with Crippen LogP contribution in [0.3, 0.4) is 0 Å². The summed E-state index contributed by atoms with van der Waals surface area (Å²) >= 11 is 3.54. The van der Waals surface area contributed by atoms with Crippen molar-refractivity contribution in [1.82, 2.24) is 4.57 Å². The van der Waals surface area contributed by atoms with Gasteiger partial charge in [-0.1, -0.05) is 6.07 Å². The molecule has 3 rings (SSSR count). The number of aromatic nitrogens is 1. The van der Waals surface area contributed by atoms with Crippen LogP contribution in [0, 0.1) is 0 Å². The SMILES string of the molecule is c1csc(-c2cccn2-c2cccs2)c1. The number of thiophene rings is 2. The standard InChI is InChI=1S/C12H9NS2/c1-4-10(11-5-2-8-14-11)13(7-1)12-6-3-9-15-12/h1-9H. The van der Waals surface area contributed by atoms with Crippen molar-refractivity contribution in [3.8, 4) is 15.6 Å². The van der Waals surface area contributed by atoms with Crippen molar-refractivity contribution in [3.63, 3.8) is 0 Å². The van der Waals surface area contributed by atoms with Gasteiger partial charge in [0, 0.05) is 6.20 Å². The molecule has 0 aliphatic heterocycles. The quantitative estimate of drug-likeness (QED) is 0.621. The van der Waals surface area contributed by atoms with E-state index in [1.165, 1.54) is 15.6 Å². The Hall–Kier alpha value is -1.32. The van der Waals surface area contributed by atoms with Gasteiger partial charge in [0.05, 0.1) is 15.6 Å². The van der Waals surface area contributed by atoms with Crippen LogP contribution in [0.2, 0.25) is 0 Å². The van der Waals surface area contributed by atoms with Crippen molar-refractivity contribution in [2.45, 2.75) is 0 Å². The van der Waals surface area contributed by atoms with E-state index in [1.807, 2.05) is 0 Å². The van der Waals surface area contributed by atoms with Gasteiger partial charge in [-0.05, 0) is 41.1 Å². The van der Waals surface area contributed by atoms with E-state index in [9.17, 15) is 0 Å². The van der Waals surface area contributed by atoms with E-state index in [4.69, 9.17) is 0 Å². The second kappa shape index (κ2) is 3.68. The minimum absolute atomic E-state index is 1.27. The summed E-state index contributed by atoms with van der Waals surface area (Å²) in [5, 5.41) is 5.48. The molecule has 15 heavy (non-hydrogen) atoms. The van der Waals surface area contributed by atoms with Gasteiger partial charge in [-0.2, -0.15) is 0 Å². The third kappa shape index (κ3) is 1.54. The molecule has 0 aliphatic rings. The minimum atomic E-state index is 1.27. The van der Waals surface area contributed by atoms with E-state index < -0.39 is 0 Å². The number of rotatable bonds is 2. The van der Waals surface area contributed by atoms with E-state index in [1.54, 1.807) is 22.7 Å². The second-order valence-corrected chi connectivity index (χ2v) is 5.07. The number of hydrogen-bond donors (Lipinski definition) is 0. The molecular formula is C12H9NS2. The van der Waals surface area contributed by atoms with Crippen LogP contribution in [0.15, 0.2) is 53.4 Å². The molecule has 0 spiro atoms. The topological polar surface area (TPSA) is 4.93 Å². The number of nitrogens with zero attached hydrogens (tertiary/aromatic N) is 1. The fourth-order valence-corrected chi connectivity index (χ4v) is 3.08. The molecule has 74 valence electrons. The van der Waals surface area contributed by atoms with E-state index in [2.05, 4.69) is 57.9 Å². The Bertz CT molecular complexity index is 483. The fraction of sp³-hybridized carbons (Fsp3) is 0. The number of hydrogen-bond acceptors (Lipinski definition) is 2. The predicted octanol–water partition coefficient (Wildman–Crippen LogP) is 4.27. The first kappa shape index (κ1) is 8.95. The minimum Gasteiger partial charge on any atom is -0.307 e. The molecule has 0 fully saturated rings. The van der Waals surface area contributed by atoms with Gasteiger partial charge in [0.1, 0.15) is 0 Å². The lowest BCUT2D eigenvalue weighted by molar-refractivity contribution is 1.13. The first-order valence-electron chi connectivity index (χ1n) is 4.70. The van der Waals surface area contributed by atoms with Crippen LogP contribution in [0.4, 0.5) is 0 Å². The molecule has 0 radical (unpaired) electrons. The van der Waals surface area contributed by atoms with Gasteiger partial charge in [0.15, 0.2) is 0 Å². The summed E-state index contributed by atoms with van der Waals surface area (Å²) in [6.45, 7) is 0. The lowest BCUT2D eigenvalue weighted by Crippen LogP contribution is -1.89. The summed E-state index contributed by atoms with van der Waals surface area (Å²) < 4.78 is 2.23. The molecule has 0 aliphatic carbocycles. The highest BCUT2D eigenvalue weighted by molar-refractivity contribution is 7.13. The summed E-state index contributed by atoms with van der Waals surface area (Å²) in [7, 11) is 0. The normalized spacial score (nSPS) is 10.7. The van der Waals surface area contributed by atoms with Crippen LogP contribution < -0.4 is 0 Å². The molecule has 0 atom stereocenters. The van der Waals surface area contributed by atoms with Gasteiger partial charge in [0.25, 0.3) is 0 Å². The van der Waals surface area contributed by atoms with Crippen molar-refractivity contribution in [2.75, 3.05) is 0 Å². The lowest BCUT2D eigenvalue weighted by atomic mass is 10.3. The highest BCUT2D eigenvalue weighted by atomic mass is 32.1. The van der Waals surface area contributed by atoms with Crippen LogP contribution in [0.25, 0.3) is 15.6 Å². The summed E-state index contributed by atoms with van der Waals surface area (Å²) in [4.78, 5) is 1.31. The van der Waals surface area contributed by atoms with Crippen LogP contribution in [0.5, 0.6) is 0 Å². The van der Waals surface area contributed by atoms with E-state index in [0.29, 0.717) is 0 Å². The highest BCUT2D eigenvalue weighted by Crippen LogP contribution is 2.29. The Morgan fingerprint density at radius 2 is 1.73 bits per heavy atom. The van der Waals surface area contributed by atoms with Gasteiger partial charge in [-0.3, -0.25) is 0 Å². The van der Waals surface area contributed by atoms with E-state index >= 15 is 0 Å². The maximum Gasteiger partial charge on any atom is 0.0994 e. The zero-order valence-corrected chi connectivity index (χ0v) is 9.59. The van der Waals surface area contributed by atoms with Crippen LogP contribution >= 0.6 is 22.7 Å². The Kier molecular flexibility index (Phi) is 2.19. The molecular weight excluding hydrogens is 222 g/mol. The first-order chi connectivity index (χ1) is 7.45. The van der Waals surface area contributed by atoms with Gasteiger partial charge < -0.3 is 4.57 Å². The van der Waals surface area contributed by atoms with Crippen LogP contribution in [-0.4, -0.2) is 4.57 Å². The Morgan fingerprint density at radius 3 is 2.47 bits per heavy atom. The van der Waals surface area contributed by atoms with Crippen molar-refractivity contribution >= 4 is 22.7 Å². The fourth-order valence-electron chi connectivity index (χ4n) is 1.61. The van der Waals surface area contributed by atoms with Crippen molar-refractivity contribution in [2.24, 2.45) is 0 Å². The average molecular weight is 231 g/mol. The third-order valence-electron chi connectivity index (χ3n) is 2.27. The smallest absolute Gasteiger partial charge is 0.0994 e. The molecule has 3 heteroatoms. The Labute approximate surface area is 96.2 Å². The highest BCUT2D eigenvalue weighted by Gasteiger charge is 2.06. The zero-order chi connectivity index (χ0) is 10.1. The van der Waals surface area contributed by atoms with Crippen LogP contribution in [-0.2, 0) is 0 Å². The predicted molar refractivity (Wildman–Crippen MR) is 67.0 cm³/mol. The molecule has 0 unspecified atom stereocenters. The Balaban J connectivity index is 2.15. The summed E-state index contributed by atoms with van der Waals surface area (Å²) in [5.41, 5.74) is 1.27. The monoisotopic (exact) mass is 231 g/mol. The summed E-state index contributed by atoms with van der Waals surface area (Å²) in [5.74, 6) is 0. The van der Waals surface area contributed by atoms with Crippen molar-refractivity contribution in [3.05, 3.63) is 53.4 Å². The molecule has 0 aromatic carbocycles. The lowest BCUT2D eigenvalue weighted by Gasteiger charge is -2.03. The van der Waals surface area contributed by atoms with Gasteiger partial charge in [0.2, 0.25) is 0 Å². The molecule has 3 heterocycles. The maximum atomic E-state index is 2.23. The Morgan fingerprint density at radius 1 is 0.867 bits per heavy atom. The molecule has 3 aromatic rings. The van der Waals surface area contributed by atoms with E-state index in [-0.39, 0.29) is 0 Å². The van der Waals surface area contributed by atoms with Gasteiger partial charge in [-0.25, -0.2) is 0 Å². The summed E-state index contributed by atoms with van der Waals surface area (Å²) in [6.07, 6.45) is 2.11. The summed E-state index contributed by atoms with van der Waals surface area (Å²) in [6, 6.07) is 12.7. The van der Waals surface area contributed by atoms with Crippen molar-refractivity contribution in [1.29, 1.82) is 0 Å². The third-order valence-corrected chi connectivity index (χ3v) is 4.03. The maximum absolute atomic E-state index is 2.23. The molecule has 0 bridgehead atoms.